The molecule has 0 bridgehead atoms. The number of nitrogens with one attached hydrogen (secondary N) is 2. The van der Waals surface area contributed by atoms with Crippen molar-refractivity contribution in [3.05, 3.63) is 52.2 Å². The molecule has 0 spiro atoms. The Bertz CT molecular complexity index is 818. The standard InChI is InChI=1S/C11H13ClN2O2.C8H8N2O.C2H6/c12-9-5-8(1-2-10(9)14-7-15)11-6-13-3-4-16-11;1-6-3-7(5-9)10-8(4-6)11-2;1-2/h1-2,5,7,11,13H,3-4,6H2,(H,14,15);3-4H,1-2H3;1-2H3/t11-;;/m1../s1. The minimum Gasteiger partial charge on any atom is -0.481 e. The Balaban J connectivity index is 0.000000284. The number of anilines is 1. The summed E-state index contributed by atoms with van der Waals surface area (Å²) in [5.41, 5.74) is 3.01. The molecule has 8 heteroatoms. The highest BCUT2D eigenvalue weighted by Gasteiger charge is 2.16. The molecule has 29 heavy (non-hydrogen) atoms. The number of hydrogen-bond acceptors (Lipinski definition) is 6. The molecular formula is C21H27ClN4O3. The number of hydrogen-bond donors (Lipinski definition) is 2. The molecule has 1 atom stereocenters. The van der Waals surface area contributed by atoms with Crippen LogP contribution in [-0.4, -0.2) is 38.2 Å². The summed E-state index contributed by atoms with van der Waals surface area (Å²) < 4.78 is 10.5. The Kier molecular flexibility index (Phi) is 11.4. The molecule has 2 aromatic rings. The number of morpholine rings is 1. The third kappa shape index (κ3) is 8.08. The highest BCUT2D eigenvalue weighted by atomic mass is 35.5. The van der Waals surface area contributed by atoms with E-state index in [0.29, 0.717) is 35.3 Å². The fourth-order valence-electron chi connectivity index (χ4n) is 2.49. The Morgan fingerprint density at radius 3 is 2.69 bits per heavy atom. The topological polar surface area (TPSA) is 96.3 Å². The summed E-state index contributed by atoms with van der Waals surface area (Å²) in [5.74, 6) is 0.488. The van der Waals surface area contributed by atoms with Crippen molar-refractivity contribution in [2.45, 2.75) is 26.9 Å². The molecule has 1 aliphatic rings. The van der Waals surface area contributed by atoms with Crippen LogP contribution in [0.2, 0.25) is 5.02 Å². The first-order chi connectivity index (χ1) is 14.1. The molecular weight excluding hydrogens is 392 g/mol. The molecule has 2 N–H and O–H groups in total. The van der Waals surface area contributed by atoms with Crippen molar-refractivity contribution in [2.24, 2.45) is 0 Å². The van der Waals surface area contributed by atoms with E-state index in [1.165, 1.54) is 7.11 Å². The number of nitrogens with zero attached hydrogens (tertiary/aromatic N) is 2. The number of methoxy groups -OCH3 is 1. The van der Waals surface area contributed by atoms with E-state index in [2.05, 4.69) is 15.6 Å². The van der Waals surface area contributed by atoms with Gasteiger partial charge in [0, 0.05) is 19.2 Å². The lowest BCUT2D eigenvalue weighted by Gasteiger charge is -2.24. The monoisotopic (exact) mass is 418 g/mol. The van der Waals surface area contributed by atoms with Crippen molar-refractivity contribution in [2.75, 3.05) is 32.1 Å². The van der Waals surface area contributed by atoms with Crippen LogP contribution in [0, 0.1) is 18.3 Å². The molecule has 7 nitrogen and oxygen atoms in total. The van der Waals surface area contributed by atoms with Gasteiger partial charge in [-0.05, 0) is 36.2 Å². The van der Waals surface area contributed by atoms with Gasteiger partial charge in [-0.15, -0.1) is 0 Å². The van der Waals surface area contributed by atoms with Gasteiger partial charge in [0.25, 0.3) is 0 Å². The molecule has 1 aromatic heterocycles. The average molecular weight is 419 g/mol. The number of aryl methyl sites for hydroxylation is 1. The third-order valence-electron chi connectivity index (χ3n) is 3.78. The summed E-state index contributed by atoms with van der Waals surface area (Å²) in [7, 11) is 1.53. The van der Waals surface area contributed by atoms with Crippen molar-refractivity contribution in [3.63, 3.8) is 0 Å². The molecule has 1 aromatic carbocycles. The number of carbonyl (C=O) groups is 1. The van der Waals surface area contributed by atoms with E-state index >= 15 is 0 Å². The van der Waals surface area contributed by atoms with Gasteiger partial charge in [0.15, 0.2) is 0 Å². The van der Waals surface area contributed by atoms with Crippen LogP contribution in [0.5, 0.6) is 5.88 Å². The molecule has 0 unspecified atom stereocenters. The number of benzene rings is 1. The fraction of sp³-hybridized carbons (Fsp3) is 0.381. The molecule has 1 saturated heterocycles. The molecule has 1 amide bonds. The maximum atomic E-state index is 10.3. The highest BCUT2D eigenvalue weighted by Crippen LogP contribution is 2.27. The number of halogens is 1. The van der Waals surface area contributed by atoms with Crippen LogP contribution in [0.25, 0.3) is 0 Å². The molecule has 0 radical (unpaired) electrons. The van der Waals surface area contributed by atoms with E-state index in [0.717, 1.165) is 24.2 Å². The Morgan fingerprint density at radius 1 is 1.38 bits per heavy atom. The highest BCUT2D eigenvalue weighted by molar-refractivity contribution is 6.33. The number of nitriles is 1. The second-order valence-corrected chi connectivity index (χ2v) is 6.16. The zero-order valence-electron chi connectivity index (χ0n) is 17.2. The van der Waals surface area contributed by atoms with E-state index < -0.39 is 0 Å². The SMILES string of the molecule is CC.COc1cc(C)cc(C#N)n1.O=CNc1ccc([C@H]2CNCCO2)cc1Cl. The summed E-state index contributed by atoms with van der Waals surface area (Å²) >= 11 is 6.03. The fourth-order valence-corrected chi connectivity index (χ4v) is 2.73. The van der Waals surface area contributed by atoms with Crippen molar-refractivity contribution in [1.29, 1.82) is 5.26 Å². The van der Waals surface area contributed by atoms with Crippen molar-refractivity contribution < 1.29 is 14.3 Å². The smallest absolute Gasteiger partial charge is 0.214 e. The minimum atomic E-state index is 0.0385. The summed E-state index contributed by atoms with van der Waals surface area (Å²) in [5, 5.41) is 14.8. The van der Waals surface area contributed by atoms with Crippen LogP contribution in [-0.2, 0) is 9.53 Å². The first-order valence-electron chi connectivity index (χ1n) is 9.32. The van der Waals surface area contributed by atoms with E-state index in [-0.39, 0.29) is 6.10 Å². The Morgan fingerprint density at radius 2 is 2.14 bits per heavy atom. The Hall–Kier alpha value is -2.66. The number of aromatic nitrogens is 1. The molecule has 0 saturated carbocycles. The number of carbonyl (C=O) groups excluding carboxylic acids is 1. The van der Waals surface area contributed by atoms with Gasteiger partial charge in [-0.25, -0.2) is 4.98 Å². The second-order valence-electron chi connectivity index (χ2n) is 5.75. The van der Waals surface area contributed by atoms with Gasteiger partial charge in [-0.2, -0.15) is 5.26 Å². The van der Waals surface area contributed by atoms with Crippen LogP contribution in [0.4, 0.5) is 5.69 Å². The van der Waals surface area contributed by atoms with Gasteiger partial charge in [-0.1, -0.05) is 31.5 Å². The maximum absolute atomic E-state index is 10.3. The van der Waals surface area contributed by atoms with Gasteiger partial charge in [0.2, 0.25) is 12.3 Å². The number of rotatable bonds is 4. The van der Waals surface area contributed by atoms with E-state index in [4.69, 9.17) is 26.3 Å². The van der Waals surface area contributed by atoms with Gasteiger partial charge in [-0.3, -0.25) is 4.79 Å². The van der Waals surface area contributed by atoms with Gasteiger partial charge in [0.05, 0.1) is 30.5 Å². The molecule has 1 aliphatic heterocycles. The van der Waals surface area contributed by atoms with Crippen molar-refractivity contribution >= 4 is 23.7 Å². The van der Waals surface area contributed by atoms with Gasteiger partial charge < -0.3 is 20.1 Å². The lowest BCUT2D eigenvalue weighted by atomic mass is 10.1. The number of ether oxygens (including phenoxy) is 2. The number of pyridine rings is 1. The lowest BCUT2D eigenvalue weighted by molar-refractivity contribution is -0.105. The van der Waals surface area contributed by atoms with Crippen LogP contribution < -0.4 is 15.4 Å². The molecule has 2 heterocycles. The normalized spacial score (nSPS) is 14.8. The Labute approximate surface area is 177 Å². The average Bonchev–Trinajstić information content (AvgIpc) is 2.77. The zero-order chi connectivity index (χ0) is 21.6. The summed E-state index contributed by atoms with van der Waals surface area (Å²) in [6.45, 7) is 8.27. The van der Waals surface area contributed by atoms with Crippen LogP contribution in [0.15, 0.2) is 30.3 Å². The van der Waals surface area contributed by atoms with Gasteiger partial charge >= 0.3 is 0 Å². The lowest BCUT2D eigenvalue weighted by Crippen LogP contribution is -2.33. The van der Waals surface area contributed by atoms with Gasteiger partial charge in [0.1, 0.15) is 11.8 Å². The van der Waals surface area contributed by atoms with Crippen LogP contribution >= 0.6 is 11.6 Å². The van der Waals surface area contributed by atoms with Crippen LogP contribution in [0.1, 0.15) is 36.8 Å². The summed E-state index contributed by atoms with van der Waals surface area (Å²) in [4.78, 5) is 14.2. The molecule has 0 aliphatic carbocycles. The predicted octanol–water partition coefficient (Wildman–Crippen LogP) is 3.87. The minimum absolute atomic E-state index is 0.0385. The summed E-state index contributed by atoms with van der Waals surface area (Å²) in [6.07, 6.45) is 0.649. The molecule has 1 fully saturated rings. The quantitative estimate of drug-likeness (QED) is 0.731. The molecule has 156 valence electrons. The third-order valence-corrected chi connectivity index (χ3v) is 4.09. The van der Waals surface area contributed by atoms with E-state index in [9.17, 15) is 4.79 Å². The first-order valence-corrected chi connectivity index (χ1v) is 9.70. The van der Waals surface area contributed by atoms with Crippen molar-refractivity contribution in [3.8, 4) is 11.9 Å². The predicted molar refractivity (Wildman–Crippen MR) is 114 cm³/mol. The van der Waals surface area contributed by atoms with E-state index in [1.54, 1.807) is 18.2 Å². The van der Waals surface area contributed by atoms with E-state index in [1.807, 2.05) is 39.0 Å². The maximum Gasteiger partial charge on any atom is 0.214 e. The van der Waals surface area contributed by atoms with Crippen molar-refractivity contribution in [1.82, 2.24) is 10.3 Å². The summed E-state index contributed by atoms with van der Waals surface area (Å²) in [6, 6.07) is 11.0. The number of amides is 1. The molecule has 3 rings (SSSR count). The second kappa shape index (κ2) is 13.5. The zero-order valence-corrected chi connectivity index (χ0v) is 17.9. The largest absolute Gasteiger partial charge is 0.481 e. The van der Waals surface area contributed by atoms with Crippen LogP contribution in [0.3, 0.4) is 0 Å². The first kappa shape index (κ1) is 24.4.